The van der Waals surface area contributed by atoms with Crippen LogP contribution in [0.1, 0.15) is 84.5 Å². The van der Waals surface area contributed by atoms with Gasteiger partial charge in [-0.1, -0.05) is 83.2 Å². The summed E-state index contributed by atoms with van der Waals surface area (Å²) in [5.74, 6) is 1.63. The fraction of sp³-hybridized carbons (Fsp3) is 0.615. The van der Waals surface area contributed by atoms with E-state index in [4.69, 9.17) is 16.3 Å². The van der Waals surface area contributed by atoms with E-state index in [-0.39, 0.29) is 11.2 Å². The lowest BCUT2D eigenvalue weighted by atomic mass is 10.1. The number of unbranched alkanes of at least 4 members (excludes halogenated alkanes) is 8. The Morgan fingerprint density at radius 2 is 1.78 bits per heavy atom. The van der Waals surface area contributed by atoms with Gasteiger partial charge in [-0.3, -0.25) is 9.78 Å². The number of methoxy groups -OCH3 is 1. The summed E-state index contributed by atoms with van der Waals surface area (Å²) in [6.45, 7) is 4.46. The Kier molecular flexibility index (Phi) is 12.9. The van der Waals surface area contributed by atoms with E-state index in [0.717, 1.165) is 30.4 Å². The lowest BCUT2D eigenvalue weighted by Crippen LogP contribution is -2.26. The van der Waals surface area contributed by atoms with Crippen LogP contribution in [-0.2, 0) is 4.79 Å². The van der Waals surface area contributed by atoms with E-state index in [1.54, 1.807) is 31.1 Å². The molecule has 0 radical (unpaired) electrons. The normalized spacial score (nSPS) is 12.1. The van der Waals surface area contributed by atoms with Crippen molar-refractivity contribution in [3.05, 3.63) is 29.4 Å². The summed E-state index contributed by atoms with van der Waals surface area (Å²) < 4.78 is 5.54. The van der Waals surface area contributed by atoms with Gasteiger partial charge in [0.1, 0.15) is 5.75 Å². The second-order valence-corrected chi connectivity index (χ2v) is 10.0. The summed E-state index contributed by atoms with van der Waals surface area (Å²) in [6, 6.07) is 5.50. The zero-order chi connectivity index (χ0) is 23.2. The number of amides is 1. The number of carbonyl (C=O) groups excluding carboxylic acids is 1. The van der Waals surface area contributed by atoms with Crippen molar-refractivity contribution in [2.75, 3.05) is 18.2 Å². The van der Waals surface area contributed by atoms with Crippen LogP contribution in [0, 0.1) is 0 Å². The number of nitrogens with one attached hydrogen (secondary N) is 1. The molecule has 0 saturated carbocycles. The molecule has 0 aliphatic rings. The van der Waals surface area contributed by atoms with Gasteiger partial charge in [0.15, 0.2) is 0 Å². The van der Waals surface area contributed by atoms with E-state index >= 15 is 0 Å². The number of anilines is 1. The number of rotatable bonds is 16. The molecule has 1 N–H and O–H groups in total. The topological polar surface area (TPSA) is 51.2 Å². The van der Waals surface area contributed by atoms with Gasteiger partial charge in [0.2, 0.25) is 5.91 Å². The highest BCUT2D eigenvalue weighted by molar-refractivity contribution is 8.00. The van der Waals surface area contributed by atoms with Crippen molar-refractivity contribution in [1.82, 2.24) is 4.98 Å². The fourth-order valence-electron chi connectivity index (χ4n) is 3.83. The number of nitrogens with zero attached hydrogens (tertiary/aromatic N) is 1. The molecule has 0 spiro atoms. The molecule has 0 fully saturated rings. The Balaban J connectivity index is 2.09. The van der Waals surface area contributed by atoms with Crippen molar-refractivity contribution >= 4 is 45.9 Å². The number of aromatic nitrogens is 1. The van der Waals surface area contributed by atoms with Gasteiger partial charge in [0.25, 0.3) is 0 Å². The van der Waals surface area contributed by atoms with Crippen molar-refractivity contribution in [3.8, 4) is 5.75 Å². The molecule has 6 heteroatoms. The van der Waals surface area contributed by atoms with Crippen LogP contribution in [0.3, 0.4) is 0 Å². The zero-order valence-corrected chi connectivity index (χ0v) is 21.5. The number of hydrogen-bond donors (Lipinski definition) is 1. The minimum atomic E-state index is -0.0603. The zero-order valence-electron chi connectivity index (χ0n) is 19.9. The standard InChI is InChI=1S/C26H39ClN2O2S/c1-4-6-8-10-11-12-16-23(32-18-13-9-7-5-2)26(30)29-25-20-15-14-17-28-24(20)21(27)19-22(25)31-3/h14-15,17,19,23H,4-13,16,18H2,1-3H3,(H,29,30). The lowest BCUT2D eigenvalue weighted by Gasteiger charge is -2.19. The van der Waals surface area contributed by atoms with Gasteiger partial charge in [-0.05, 0) is 30.7 Å². The highest BCUT2D eigenvalue weighted by atomic mass is 35.5. The van der Waals surface area contributed by atoms with Crippen LogP contribution in [-0.4, -0.2) is 29.0 Å². The molecule has 2 rings (SSSR count). The number of carbonyl (C=O) groups is 1. The summed E-state index contributed by atoms with van der Waals surface area (Å²) >= 11 is 8.18. The van der Waals surface area contributed by atoms with Gasteiger partial charge < -0.3 is 10.1 Å². The first kappa shape index (κ1) is 26.8. The van der Waals surface area contributed by atoms with Crippen molar-refractivity contribution in [2.24, 2.45) is 0 Å². The largest absolute Gasteiger partial charge is 0.494 e. The summed E-state index contributed by atoms with van der Waals surface area (Å²) in [4.78, 5) is 17.7. The van der Waals surface area contributed by atoms with Crippen molar-refractivity contribution in [1.29, 1.82) is 0 Å². The van der Waals surface area contributed by atoms with E-state index in [0.29, 0.717) is 22.0 Å². The Labute approximate surface area is 203 Å². The third-order valence-corrected chi connectivity index (χ3v) is 7.37. The van der Waals surface area contributed by atoms with Crippen molar-refractivity contribution < 1.29 is 9.53 Å². The number of hydrogen-bond acceptors (Lipinski definition) is 4. The van der Waals surface area contributed by atoms with Gasteiger partial charge in [-0.25, -0.2) is 0 Å². The summed E-state index contributed by atoms with van der Waals surface area (Å²) in [7, 11) is 1.60. The van der Waals surface area contributed by atoms with E-state index in [2.05, 4.69) is 24.1 Å². The van der Waals surface area contributed by atoms with Crippen LogP contribution in [0.2, 0.25) is 5.02 Å². The molecule has 0 aliphatic heterocycles. The maximum Gasteiger partial charge on any atom is 0.237 e. The van der Waals surface area contributed by atoms with Gasteiger partial charge in [-0.2, -0.15) is 0 Å². The molecular weight excluding hydrogens is 440 g/mol. The monoisotopic (exact) mass is 478 g/mol. The molecule has 1 aromatic carbocycles. The van der Waals surface area contributed by atoms with E-state index < -0.39 is 0 Å². The number of pyridine rings is 1. The van der Waals surface area contributed by atoms with Gasteiger partial charge in [0.05, 0.1) is 28.6 Å². The quantitative estimate of drug-likeness (QED) is 0.246. The second kappa shape index (κ2) is 15.4. The molecule has 1 amide bonds. The highest BCUT2D eigenvalue weighted by Crippen LogP contribution is 2.37. The van der Waals surface area contributed by atoms with Crippen molar-refractivity contribution in [3.63, 3.8) is 0 Å². The van der Waals surface area contributed by atoms with Gasteiger partial charge in [-0.15, -0.1) is 11.8 Å². The van der Waals surface area contributed by atoms with Gasteiger partial charge in [0, 0.05) is 17.6 Å². The number of fused-ring (bicyclic) bond motifs is 1. The first-order chi connectivity index (χ1) is 15.6. The molecule has 32 heavy (non-hydrogen) atoms. The molecule has 0 saturated heterocycles. The number of benzene rings is 1. The van der Waals surface area contributed by atoms with E-state index in [1.165, 1.54) is 51.4 Å². The molecule has 1 aromatic heterocycles. The first-order valence-electron chi connectivity index (χ1n) is 12.2. The molecule has 4 nitrogen and oxygen atoms in total. The molecule has 2 aromatic rings. The number of halogens is 1. The molecule has 1 unspecified atom stereocenters. The average molecular weight is 479 g/mol. The highest BCUT2D eigenvalue weighted by Gasteiger charge is 2.22. The average Bonchev–Trinajstić information content (AvgIpc) is 2.81. The van der Waals surface area contributed by atoms with Crippen LogP contribution in [0.5, 0.6) is 5.75 Å². The third kappa shape index (κ3) is 8.47. The van der Waals surface area contributed by atoms with Crippen molar-refractivity contribution in [2.45, 2.75) is 89.7 Å². The maximum absolute atomic E-state index is 13.4. The fourth-order valence-corrected chi connectivity index (χ4v) is 5.28. The lowest BCUT2D eigenvalue weighted by molar-refractivity contribution is -0.115. The molecule has 1 heterocycles. The maximum atomic E-state index is 13.4. The summed E-state index contributed by atoms with van der Waals surface area (Å²) in [5, 5.41) is 4.42. The number of ether oxygens (including phenoxy) is 1. The SMILES string of the molecule is CCCCCCCCC(SCCCCCC)C(=O)Nc1c(OC)cc(Cl)c2ncccc12. The Morgan fingerprint density at radius 3 is 2.50 bits per heavy atom. The Bertz CT molecular complexity index is 831. The smallest absolute Gasteiger partial charge is 0.237 e. The molecule has 178 valence electrons. The van der Waals surface area contributed by atoms with E-state index in [9.17, 15) is 4.79 Å². The minimum Gasteiger partial charge on any atom is -0.494 e. The van der Waals surface area contributed by atoms with Gasteiger partial charge >= 0.3 is 0 Å². The van der Waals surface area contributed by atoms with Crippen LogP contribution in [0.15, 0.2) is 24.4 Å². The predicted octanol–water partition coefficient (Wildman–Crippen LogP) is 8.27. The molecule has 1 atom stereocenters. The Hall–Kier alpha value is -1.46. The van der Waals surface area contributed by atoms with Crippen LogP contribution >= 0.6 is 23.4 Å². The second-order valence-electron chi connectivity index (χ2n) is 8.30. The molecule has 0 bridgehead atoms. The summed E-state index contributed by atoms with van der Waals surface area (Å²) in [6.07, 6.45) is 14.9. The molecular formula is C26H39ClN2O2S. The Morgan fingerprint density at radius 1 is 1.09 bits per heavy atom. The summed E-state index contributed by atoms with van der Waals surface area (Å²) in [5.41, 5.74) is 1.33. The third-order valence-electron chi connectivity index (χ3n) is 5.70. The first-order valence-corrected chi connectivity index (χ1v) is 13.6. The van der Waals surface area contributed by atoms with E-state index in [1.807, 2.05) is 12.1 Å². The minimum absolute atomic E-state index is 0.0461. The predicted molar refractivity (Wildman–Crippen MR) is 140 cm³/mol. The van der Waals surface area contributed by atoms with Crippen LogP contribution in [0.4, 0.5) is 5.69 Å². The van der Waals surface area contributed by atoms with Crippen LogP contribution < -0.4 is 10.1 Å². The molecule has 0 aliphatic carbocycles. The van der Waals surface area contributed by atoms with Crippen LogP contribution in [0.25, 0.3) is 10.9 Å². The number of thioether (sulfide) groups is 1.